The summed E-state index contributed by atoms with van der Waals surface area (Å²) in [7, 11) is 0. The molecule has 1 rings (SSSR count). The first-order valence-corrected chi connectivity index (χ1v) is 8.31. The Bertz CT molecular complexity index is 518. The Kier molecular flexibility index (Phi) is 8.87. The molecule has 8 heteroatoms. The number of hydrogen-bond donors (Lipinski definition) is 2. The molecule has 4 unspecified atom stereocenters. The lowest BCUT2D eigenvalue weighted by Gasteiger charge is -2.28. The van der Waals surface area contributed by atoms with Crippen molar-refractivity contribution in [1.29, 1.82) is 0 Å². The van der Waals surface area contributed by atoms with Gasteiger partial charge in [-0.05, 0) is 12.8 Å². The van der Waals surface area contributed by atoms with Gasteiger partial charge < -0.3 is 19.7 Å². The van der Waals surface area contributed by atoms with Crippen molar-refractivity contribution in [3.05, 3.63) is 25.3 Å². The van der Waals surface area contributed by atoms with Gasteiger partial charge in [-0.1, -0.05) is 25.0 Å². The molecule has 0 heterocycles. The summed E-state index contributed by atoms with van der Waals surface area (Å²) in [6.45, 7) is 5.29. The topological polar surface area (TPSA) is 127 Å². The number of ether oxygens (including phenoxy) is 2. The van der Waals surface area contributed by atoms with Gasteiger partial charge in [-0.15, -0.1) is 13.2 Å². The van der Waals surface area contributed by atoms with Crippen LogP contribution in [-0.4, -0.2) is 59.1 Å². The van der Waals surface area contributed by atoms with Crippen LogP contribution < -0.4 is 0 Å². The third kappa shape index (κ3) is 6.20. The highest BCUT2D eigenvalue weighted by Gasteiger charge is 2.38. The summed E-state index contributed by atoms with van der Waals surface area (Å²) < 4.78 is 9.81. The van der Waals surface area contributed by atoms with Crippen molar-refractivity contribution >= 4 is 23.5 Å². The van der Waals surface area contributed by atoms with E-state index in [-0.39, 0.29) is 0 Å². The zero-order chi connectivity index (χ0) is 19.7. The molecule has 26 heavy (non-hydrogen) atoms. The van der Waals surface area contributed by atoms with Gasteiger partial charge in [-0.2, -0.15) is 0 Å². The van der Waals surface area contributed by atoms with E-state index >= 15 is 0 Å². The predicted molar refractivity (Wildman–Crippen MR) is 89.8 cm³/mol. The number of aliphatic hydroxyl groups excluding tert-OH is 2. The number of carbonyl (C=O) groups excluding carboxylic acids is 4. The van der Waals surface area contributed by atoms with E-state index in [9.17, 15) is 29.4 Å². The van der Waals surface area contributed by atoms with Gasteiger partial charge in [-0.3, -0.25) is 19.2 Å². The van der Waals surface area contributed by atoms with E-state index in [1.807, 2.05) is 0 Å². The van der Waals surface area contributed by atoms with Gasteiger partial charge in [0.25, 0.3) is 0 Å². The third-order valence-corrected chi connectivity index (χ3v) is 4.19. The molecule has 144 valence electrons. The highest BCUT2D eigenvalue weighted by atomic mass is 16.5. The van der Waals surface area contributed by atoms with Crippen molar-refractivity contribution in [2.75, 3.05) is 13.2 Å². The molecule has 0 amide bonds. The lowest BCUT2D eigenvalue weighted by Crippen LogP contribution is -2.37. The highest BCUT2D eigenvalue weighted by Crippen LogP contribution is 2.32. The molecule has 0 aromatic heterocycles. The lowest BCUT2D eigenvalue weighted by molar-refractivity contribution is -0.165. The van der Waals surface area contributed by atoms with Crippen LogP contribution in [0.5, 0.6) is 0 Å². The summed E-state index contributed by atoms with van der Waals surface area (Å²) in [4.78, 5) is 47.4. The molecule has 4 atom stereocenters. The summed E-state index contributed by atoms with van der Waals surface area (Å²) in [5.74, 6) is -4.46. The predicted octanol–water partition coefficient (Wildman–Crippen LogP) is 0.111. The Labute approximate surface area is 151 Å². The van der Waals surface area contributed by atoms with E-state index in [1.54, 1.807) is 0 Å². The maximum atomic E-state index is 12.2. The maximum absolute atomic E-state index is 12.2. The summed E-state index contributed by atoms with van der Waals surface area (Å²) >= 11 is 0. The van der Waals surface area contributed by atoms with Crippen LogP contribution in [0.25, 0.3) is 0 Å². The summed E-state index contributed by atoms with van der Waals surface area (Å²) in [6.07, 6.45) is 1.40. The third-order valence-electron chi connectivity index (χ3n) is 4.19. The lowest BCUT2D eigenvalue weighted by atomic mass is 9.79. The highest BCUT2D eigenvalue weighted by molar-refractivity contribution is 5.90. The average molecular weight is 368 g/mol. The van der Waals surface area contributed by atoms with Crippen molar-refractivity contribution < 1.29 is 38.9 Å². The first kappa shape index (κ1) is 21.7. The Morgan fingerprint density at radius 3 is 1.50 bits per heavy atom. The van der Waals surface area contributed by atoms with Crippen LogP contribution in [0.1, 0.15) is 25.7 Å². The van der Waals surface area contributed by atoms with Crippen LogP contribution in [0.3, 0.4) is 0 Å². The molecule has 0 bridgehead atoms. The van der Waals surface area contributed by atoms with Gasteiger partial charge in [0.1, 0.15) is 12.2 Å². The zero-order valence-corrected chi connectivity index (χ0v) is 14.5. The van der Waals surface area contributed by atoms with E-state index in [0.717, 1.165) is 12.2 Å². The number of hydrogen-bond acceptors (Lipinski definition) is 8. The maximum Gasteiger partial charge on any atom is 0.310 e. The Balaban J connectivity index is 2.62. The fraction of sp³-hybridized carbons (Fsp3) is 0.556. The van der Waals surface area contributed by atoms with Crippen molar-refractivity contribution in [2.45, 2.75) is 37.9 Å². The Morgan fingerprint density at radius 1 is 0.846 bits per heavy atom. The SMILES string of the molecule is C=CC(O)C(=O)COC(=O)C1CCCCC1C(=O)OCC(=O)C(O)C=C. The average Bonchev–Trinajstić information content (AvgIpc) is 2.68. The van der Waals surface area contributed by atoms with Gasteiger partial charge in [0.05, 0.1) is 11.8 Å². The second kappa shape index (κ2) is 10.6. The van der Waals surface area contributed by atoms with E-state index in [1.165, 1.54) is 0 Å². The van der Waals surface area contributed by atoms with Crippen LogP contribution in [0.15, 0.2) is 25.3 Å². The number of carbonyl (C=O) groups is 4. The fourth-order valence-electron chi connectivity index (χ4n) is 2.63. The molecule has 0 aliphatic heterocycles. The van der Waals surface area contributed by atoms with Crippen LogP contribution in [0.2, 0.25) is 0 Å². The summed E-state index contributed by atoms with van der Waals surface area (Å²) in [6, 6.07) is 0. The van der Waals surface area contributed by atoms with Crippen molar-refractivity contribution in [3.8, 4) is 0 Å². The second-order valence-corrected chi connectivity index (χ2v) is 6.01. The first-order chi connectivity index (χ1) is 12.3. The molecular formula is C18H24O8. The monoisotopic (exact) mass is 368 g/mol. The molecule has 0 aromatic carbocycles. The van der Waals surface area contributed by atoms with Crippen molar-refractivity contribution in [2.24, 2.45) is 11.8 Å². The number of aliphatic hydroxyl groups is 2. The Morgan fingerprint density at radius 2 is 1.19 bits per heavy atom. The van der Waals surface area contributed by atoms with E-state index in [0.29, 0.717) is 25.7 Å². The molecule has 0 aromatic rings. The van der Waals surface area contributed by atoms with Gasteiger partial charge in [-0.25, -0.2) is 0 Å². The van der Waals surface area contributed by atoms with Crippen LogP contribution in [0.4, 0.5) is 0 Å². The largest absolute Gasteiger partial charge is 0.457 e. The van der Waals surface area contributed by atoms with E-state index < -0.39 is 60.8 Å². The molecule has 0 spiro atoms. The van der Waals surface area contributed by atoms with Crippen molar-refractivity contribution in [1.82, 2.24) is 0 Å². The summed E-state index contributed by atoms with van der Waals surface area (Å²) in [5, 5.41) is 18.6. The molecule has 1 saturated carbocycles. The summed E-state index contributed by atoms with van der Waals surface area (Å²) in [5.41, 5.74) is 0. The molecule has 1 aliphatic rings. The molecule has 0 radical (unpaired) electrons. The minimum Gasteiger partial charge on any atom is -0.457 e. The standard InChI is InChI=1S/C18H24O8/c1-3-13(19)15(21)9-25-17(23)11-7-5-6-8-12(11)18(24)26-10-16(22)14(20)4-2/h3-4,11-14,19-20H,1-2,5-10H2. The normalized spacial score (nSPS) is 21.8. The molecule has 0 saturated heterocycles. The molecular weight excluding hydrogens is 344 g/mol. The molecule has 2 N–H and O–H groups in total. The minimum absolute atomic E-state index is 0.389. The smallest absolute Gasteiger partial charge is 0.310 e. The van der Waals surface area contributed by atoms with E-state index in [2.05, 4.69) is 13.2 Å². The first-order valence-electron chi connectivity index (χ1n) is 8.31. The minimum atomic E-state index is -1.42. The number of rotatable bonds is 10. The molecule has 8 nitrogen and oxygen atoms in total. The molecule has 1 fully saturated rings. The van der Waals surface area contributed by atoms with Gasteiger partial charge >= 0.3 is 11.9 Å². The second-order valence-electron chi connectivity index (χ2n) is 6.01. The number of ketones is 2. The molecule has 1 aliphatic carbocycles. The van der Waals surface area contributed by atoms with Crippen LogP contribution in [-0.2, 0) is 28.7 Å². The quantitative estimate of drug-likeness (QED) is 0.411. The van der Waals surface area contributed by atoms with E-state index in [4.69, 9.17) is 9.47 Å². The Hall–Kier alpha value is -2.32. The van der Waals surface area contributed by atoms with Gasteiger partial charge in [0, 0.05) is 0 Å². The van der Waals surface area contributed by atoms with Crippen LogP contribution in [0, 0.1) is 11.8 Å². The number of Topliss-reactive ketones (excluding diaryl/α,β-unsaturated/α-hetero) is 2. The van der Waals surface area contributed by atoms with Gasteiger partial charge in [0.15, 0.2) is 13.2 Å². The number of esters is 2. The zero-order valence-electron chi connectivity index (χ0n) is 14.5. The van der Waals surface area contributed by atoms with Gasteiger partial charge in [0.2, 0.25) is 11.6 Å². The fourth-order valence-corrected chi connectivity index (χ4v) is 2.63. The van der Waals surface area contributed by atoms with Crippen LogP contribution >= 0.6 is 0 Å². The van der Waals surface area contributed by atoms with Crippen molar-refractivity contribution in [3.63, 3.8) is 0 Å².